The van der Waals surface area contributed by atoms with E-state index >= 15 is 0 Å². The normalized spacial score (nSPS) is 10.3. The lowest BCUT2D eigenvalue weighted by atomic mass is 10.1. The minimum absolute atomic E-state index is 0.134. The molecule has 1 heterocycles. The lowest BCUT2D eigenvalue weighted by Gasteiger charge is -2.14. The molecule has 8 heteroatoms. The highest BCUT2D eigenvalue weighted by Crippen LogP contribution is 2.28. The lowest BCUT2D eigenvalue weighted by molar-refractivity contribution is 0.384. The van der Waals surface area contributed by atoms with Crippen LogP contribution in [0.25, 0.3) is 11.3 Å². The minimum Gasteiger partial charge on any atom is -0.496 e. The van der Waals surface area contributed by atoms with Crippen LogP contribution in [0.2, 0.25) is 5.02 Å². The van der Waals surface area contributed by atoms with Gasteiger partial charge in [-0.15, -0.1) is 11.3 Å². The van der Waals surface area contributed by atoms with Gasteiger partial charge in [-0.2, -0.15) is 0 Å². The monoisotopic (exact) mass is 402 g/mol. The van der Waals surface area contributed by atoms with E-state index in [1.165, 1.54) is 11.3 Å². The number of benzene rings is 2. The molecule has 27 heavy (non-hydrogen) atoms. The van der Waals surface area contributed by atoms with Gasteiger partial charge in [0.15, 0.2) is 11.1 Å². The standard InChI is InChI=1S/C19H19ClN4O2S/c1-25-16-7-4-8-17(26-2)14(16)10-22-18(21)24-19-23-15(11-27-19)12-5-3-6-13(20)9-12/h3-9,11H,10H2,1-2H3,(H3,21,22,23,24). The quantitative estimate of drug-likeness (QED) is 0.414. The first-order chi connectivity index (χ1) is 13.1. The summed E-state index contributed by atoms with van der Waals surface area (Å²) in [6.45, 7) is 0.381. The number of hydrogen-bond donors (Lipinski definition) is 3. The molecule has 0 aliphatic carbocycles. The van der Waals surface area contributed by atoms with Crippen LogP contribution in [0.1, 0.15) is 5.56 Å². The van der Waals surface area contributed by atoms with Crippen LogP contribution in [-0.4, -0.2) is 25.2 Å². The summed E-state index contributed by atoms with van der Waals surface area (Å²) in [4.78, 5) is 4.50. The molecule has 0 amide bonds. The molecule has 0 radical (unpaired) electrons. The highest BCUT2D eigenvalue weighted by atomic mass is 35.5. The maximum Gasteiger partial charge on any atom is 0.195 e. The molecule has 0 spiro atoms. The van der Waals surface area contributed by atoms with Crippen LogP contribution < -0.4 is 20.1 Å². The summed E-state index contributed by atoms with van der Waals surface area (Å²) in [7, 11) is 3.21. The minimum atomic E-state index is 0.134. The SMILES string of the molecule is COc1cccc(OC)c1CNC(=N)Nc1nc(-c2cccc(Cl)c2)cs1. The molecule has 0 aliphatic rings. The van der Waals surface area contributed by atoms with E-state index in [2.05, 4.69) is 15.6 Å². The summed E-state index contributed by atoms with van der Waals surface area (Å²) in [5.41, 5.74) is 2.59. The predicted molar refractivity (Wildman–Crippen MR) is 110 cm³/mol. The van der Waals surface area contributed by atoms with E-state index < -0.39 is 0 Å². The second kappa shape index (κ2) is 8.75. The number of hydrogen-bond acceptors (Lipinski definition) is 5. The van der Waals surface area contributed by atoms with Crippen molar-refractivity contribution in [3.05, 3.63) is 58.4 Å². The van der Waals surface area contributed by atoms with Gasteiger partial charge in [-0.3, -0.25) is 5.41 Å². The van der Waals surface area contributed by atoms with Gasteiger partial charge in [0.05, 0.1) is 32.0 Å². The van der Waals surface area contributed by atoms with Gasteiger partial charge < -0.3 is 20.1 Å². The second-order valence-corrected chi connectivity index (χ2v) is 6.84. The van der Waals surface area contributed by atoms with Crippen molar-refractivity contribution >= 4 is 34.0 Å². The number of nitrogens with zero attached hydrogens (tertiary/aromatic N) is 1. The first-order valence-corrected chi connectivity index (χ1v) is 9.37. The first kappa shape index (κ1) is 19.0. The molecular weight excluding hydrogens is 384 g/mol. The second-order valence-electron chi connectivity index (χ2n) is 5.54. The number of anilines is 1. The van der Waals surface area contributed by atoms with Crippen molar-refractivity contribution in [3.8, 4) is 22.8 Å². The molecule has 3 N–H and O–H groups in total. The maximum atomic E-state index is 8.12. The summed E-state index contributed by atoms with van der Waals surface area (Å²) in [5.74, 6) is 1.54. The number of methoxy groups -OCH3 is 2. The third kappa shape index (κ3) is 4.69. The Hall–Kier alpha value is -2.77. The number of ether oxygens (including phenoxy) is 2. The molecule has 3 aromatic rings. The fourth-order valence-corrected chi connectivity index (χ4v) is 3.46. The molecule has 0 unspecified atom stereocenters. The maximum absolute atomic E-state index is 8.12. The van der Waals surface area contributed by atoms with Crippen LogP contribution in [0, 0.1) is 5.41 Å². The van der Waals surface area contributed by atoms with Gasteiger partial charge in [0, 0.05) is 16.0 Å². The Morgan fingerprint density at radius 3 is 2.52 bits per heavy atom. The van der Waals surface area contributed by atoms with E-state index in [-0.39, 0.29) is 5.96 Å². The highest BCUT2D eigenvalue weighted by Gasteiger charge is 2.11. The van der Waals surface area contributed by atoms with Gasteiger partial charge in [-0.1, -0.05) is 29.8 Å². The van der Waals surface area contributed by atoms with E-state index in [0.717, 1.165) is 16.8 Å². The Bertz CT molecular complexity index is 923. The summed E-state index contributed by atoms with van der Waals surface area (Å²) in [6, 6.07) is 13.1. The predicted octanol–water partition coefficient (Wildman–Crippen LogP) is 4.62. The number of thiazole rings is 1. The molecule has 0 atom stereocenters. The van der Waals surface area contributed by atoms with E-state index in [0.29, 0.717) is 28.2 Å². The zero-order valence-electron chi connectivity index (χ0n) is 14.9. The third-order valence-corrected chi connectivity index (χ3v) is 4.82. The van der Waals surface area contributed by atoms with E-state index in [1.54, 1.807) is 14.2 Å². The smallest absolute Gasteiger partial charge is 0.195 e. The van der Waals surface area contributed by atoms with E-state index in [9.17, 15) is 0 Å². The highest BCUT2D eigenvalue weighted by molar-refractivity contribution is 7.14. The molecule has 0 fully saturated rings. The van der Waals surface area contributed by atoms with Crippen LogP contribution in [0.3, 0.4) is 0 Å². The summed E-state index contributed by atoms with van der Waals surface area (Å²) < 4.78 is 10.7. The van der Waals surface area contributed by atoms with Crippen molar-refractivity contribution in [2.24, 2.45) is 0 Å². The average molecular weight is 403 g/mol. The Balaban J connectivity index is 1.64. The van der Waals surface area contributed by atoms with Gasteiger partial charge >= 0.3 is 0 Å². The van der Waals surface area contributed by atoms with E-state index in [4.69, 9.17) is 26.5 Å². The van der Waals surface area contributed by atoms with Gasteiger partial charge in [-0.05, 0) is 24.3 Å². The fourth-order valence-electron chi connectivity index (χ4n) is 2.54. The molecule has 0 saturated heterocycles. The number of guanidine groups is 1. The van der Waals surface area contributed by atoms with Crippen molar-refractivity contribution in [1.82, 2.24) is 10.3 Å². The van der Waals surface area contributed by atoms with Gasteiger partial charge in [-0.25, -0.2) is 4.98 Å². The van der Waals surface area contributed by atoms with Gasteiger partial charge in [0.25, 0.3) is 0 Å². The molecule has 0 aliphatic heterocycles. The molecule has 1 aromatic heterocycles. The van der Waals surface area contributed by atoms with Crippen LogP contribution >= 0.6 is 22.9 Å². The molecule has 2 aromatic carbocycles. The largest absolute Gasteiger partial charge is 0.496 e. The zero-order valence-corrected chi connectivity index (χ0v) is 16.4. The first-order valence-electron chi connectivity index (χ1n) is 8.11. The van der Waals surface area contributed by atoms with Crippen molar-refractivity contribution in [3.63, 3.8) is 0 Å². The summed E-state index contributed by atoms with van der Waals surface area (Å²) in [5, 5.41) is 17.3. The van der Waals surface area contributed by atoms with Crippen LogP contribution in [0.5, 0.6) is 11.5 Å². The molecular formula is C19H19ClN4O2S. The number of nitrogens with one attached hydrogen (secondary N) is 3. The molecule has 0 bridgehead atoms. The van der Waals surface area contributed by atoms with Gasteiger partial charge in [0.2, 0.25) is 0 Å². The molecule has 140 valence electrons. The Morgan fingerprint density at radius 2 is 1.85 bits per heavy atom. The number of halogens is 1. The lowest BCUT2D eigenvalue weighted by Crippen LogP contribution is -2.29. The molecule has 3 rings (SSSR count). The van der Waals surface area contributed by atoms with Crippen LogP contribution in [0.4, 0.5) is 5.13 Å². The van der Waals surface area contributed by atoms with Gasteiger partial charge in [0.1, 0.15) is 11.5 Å². The van der Waals surface area contributed by atoms with Crippen LogP contribution in [-0.2, 0) is 6.54 Å². The average Bonchev–Trinajstić information content (AvgIpc) is 3.14. The van der Waals surface area contributed by atoms with Crippen molar-refractivity contribution < 1.29 is 9.47 Å². The third-order valence-electron chi connectivity index (χ3n) is 3.83. The molecule has 0 saturated carbocycles. The number of rotatable bonds is 6. The van der Waals surface area contributed by atoms with Crippen LogP contribution in [0.15, 0.2) is 47.8 Å². The van der Waals surface area contributed by atoms with E-state index in [1.807, 2.05) is 47.8 Å². The Kier molecular flexibility index (Phi) is 6.16. The molecule has 6 nitrogen and oxygen atoms in total. The Labute approximate surface area is 166 Å². The van der Waals surface area contributed by atoms with Crippen molar-refractivity contribution in [1.29, 1.82) is 5.41 Å². The summed E-state index contributed by atoms with van der Waals surface area (Å²) >= 11 is 7.45. The van der Waals surface area contributed by atoms with Crippen molar-refractivity contribution in [2.75, 3.05) is 19.5 Å². The topological polar surface area (TPSA) is 79.3 Å². The van der Waals surface area contributed by atoms with Crippen molar-refractivity contribution in [2.45, 2.75) is 6.54 Å². The summed E-state index contributed by atoms with van der Waals surface area (Å²) in [6.07, 6.45) is 0. The fraction of sp³-hybridized carbons (Fsp3) is 0.158. The zero-order chi connectivity index (χ0) is 19.2. The Morgan fingerprint density at radius 1 is 1.15 bits per heavy atom. The number of aromatic nitrogens is 1.